The quantitative estimate of drug-likeness (QED) is 0.578. The molecule has 0 aromatic heterocycles. The Bertz CT molecular complexity index is 457. The van der Waals surface area contributed by atoms with Gasteiger partial charge in [-0.1, -0.05) is 26.0 Å². The van der Waals surface area contributed by atoms with E-state index in [1.807, 2.05) is 11.8 Å². The Morgan fingerprint density at radius 1 is 1.23 bits per heavy atom. The molecule has 0 aliphatic heterocycles. The van der Waals surface area contributed by atoms with E-state index >= 15 is 0 Å². The first-order chi connectivity index (χ1) is 10.5. The summed E-state index contributed by atoms with van der Waals surface area (Å²) < 4.78 is 0. The molecule has 1 saturated carbocycles. The molecular weight excluding hydrogens is 274 g/mol. The fourth-order valence-corrected chi connectivity index (χ4v) is 2.74. The minimum atomic E-state index is -0.0244. The van der Waals surface area contributed by atoms with E-state index in [0.29, 0.717) is 12.2 Å². The molecule has 22 heavy (non-hydrogen) atoms. The van der Waals surface area contributed by atoms with E-state index in [4.69, 9.17) is 5.73 Å². The number of rotatable bonds is 7. The zero-order valence-corrected chi connectivity index (χ0v) is 14.5. The first kappa shape index (κ1) is 18.5. The standard InChI is InChI=1S/C18H31N3O/c1-5-11-21(12-6-2)18(22)17(19)15-9-7-8-10-16(15)20-13-14(3)4/h3,5-13,19H2,1-2,4H3/b17-15-,20-16?. The summed E-state index contributed by atoms with van der Waals surface area (Å²) in [6, 6.07) is 0. The molecule has 4 heteroatoms. The molecule has 1 amide bonds. The van der Waals surface area contributed by atoms with Gasteiger partial charge in [-0.2, -0.15) is 0 Å². The largest absolute Gasteiger partial charge is 0.394 e. The van der Waals surface area contributed by atoms with Crippen LogP contribution in [-0.4, -0.2) is 36.2 Å². The lowest BCUT2D eigenvalue weighted by Crippen LogP contribution is -2.37. The van der Waals surface area contributed by atoms with Crippen LogP contribution in [0.3, 0.4) is 0 Å². The molecule has 0 radical (unpaired) electrons. The first-order valence-electron chi connectivity index (χ1n) is 8.47. The summed E-state index contributed by atoms with van der Waals surface area (Å²) in [5, 5.41) is 0. The zero-order chi connectivity index (χ0) is 16.5. The van der Waals surface area contributed by atoms with Gasteiger partial charge in [0.15, 0.2) is 0 Å². The summed E-state index contributed by atoms with van der Waals surface area (Å²) in [6.07, 6.45) is 5.87. The Morgan fingerprint density at radius 2 is 1.82 bits per heavy atom. The molecule has 0 aromatic rings. The number of amides is 1. The molecule has 124 valence electrons. The molecule has 2 N–H and O–H groups in total. The van der Waals surface area contributed by atoms with Crippen molar-refractivity contribution in [2.45, 2.75) is 59.3 Å². The maximum absolute atomic E-state index is 12.7. The molecule has 0 saturated heterocycles. The van der Waals surface area contributed by atoms with Crippen molar-refractivity contribution in [3.05, 3.63) is 23.4 Å². The van der Waals surface area contributed by atoms with Gasteiger partial charge in [0.05, 0.1) is 6.54 Å². The Hall–Kier alpha value is -1.58. The van der Waals surface area contributed by atoms with E-state index in [0.717, 1.165) is 68.5 Å². The second kappa shape index (κ2) is 9.44. The lowest BCUT2D eigenvalue weighted by molar-refractivity contribution is -0.127. The lowest BCUT2D eigenvalue weighted by atomic mass is 9.90. The van der Waals surface area contributed by atoms with Crippen LogP contribution >= 0.6 is 0 Å². The number of hydrogen-bond donors (Lipinski definition) is 1. The highest BCUT2D eigenvalue weighted by Crippen LogP contribution is 2.24. The number of allylic oxidation sites excluding steroid dienone is 1. The fraction of sp³-hybridized carbons (Fsp3) is 0.667. The van der Waals surface area contributed by atoms with E-state index in [1.54, 1.807) is 0 Å². The number of carbonyl (C=O) groups is 1. The minimum absolute atomic E-state index is 0.0244. The van der Waals surface area contributed by atoms with Crippen LogP contribution in [0.5, 0.6) is 0 Å². The second-order valence-electron chi connectivity index (χ2n) is 6.11. The van der Waals surface area contributed by atoms with Crippen molar-refractivity contribution in [2.75, 3.05) is 19.6 Å². The third-order valence-electron chi connectivity index (χ3n) is 3.81. The van der Waals surface area contributed by atoms with Crippen LogP contribution in [0.25, 0.3) is 0 Å². The number of nitrogens with two attached hydrogens (primary N) is 1. The molecule has 1 aliphatic rings. The van der Waals surface area contributed by atoms with Crippen LogP contribution < -0.4 is 5.73 Å². The molecule has 1 aliphatic carbocycles. The van der Waals surface area contributed by atoms with E-state index in [-0.39, 0.29) is 5.91 Å². The van der Waals surface area contributed by atoms with Crippen molar-refractivity contribution in [2.24, 2.45) is 10.7 Å². The van der Waals surface area contributed by atoms with Crippen LogP contribution in [0.15, 0.2) is 28.4 Å². The highest BCUT2D eigenvalue weighted by Gasteiger charge is 2.23. The molecule has 4 nitrogen and oxygen atoms in total. The van der Waals surface area contributed by atoms with Crippen LogP contribution in [0.2, 0.25) is 0 Å². The van der Waals surface area contributed by atoms with Gasteiger partial charge >= 0.3 is 0 Å². The molecule has 0 spiro atoms. The second-order valence-corrected chi connectivity index (χ2v) is 6.11. The zero-order valence-electron chi connectivity index (χ0n) is 14.5. The molecule has 0 bridgehead atoms. The van der Waals surface area contributed by atoms with Gasteiger partial charge in [-0.05, 0) is 45.4 Å². The maximum Gasteiger partial charge on any atom is 0.270 e. The van der Waals surface area contributed by atoms with Crippen molar-refractivity contribution in [1.82, 2.24) is 4.90 Å². The Kier molecular flexibility index (Phi) is 7.92. The summed E-state index contributed by atoms with van der Waals surface area (Å²) in [4.78, 5) is 19.2. The van der Waals surface area contributed by atoms with E-state index < -0.39 is 0 Å². The van der Waals surface area contributed by atoms with Crippen LogP contribution in [0.4, 0.5) is 0 Å². The van der Waals surface area contributed by atoms with Crippen molar-refractivity contribution in [3.63, 3.8) is 0 Å². The molecule has 0 atom stereocenters. The monoisotopic (exact) mass is 305 g/mol. The van der Waals surface area contributed by atoms with Gasteiger partial charge in [-0.25, -0.2) is 0 Å². The SMILES string of the molecule is C=C(C)CN=C1CCCC/C1=C(/N)C(=O)N(CCC)CCC. The van der Waals surface area contributed by atoms with Crippen LogP contribution in [-0.2, 0) is 4.79 Å². The highest BCUT2D eigenvalue weighted by molar-refractivity contribution is 6.08. The van der Waals surface area contributed by atoms with E-state index in [2.05, 4.69) is 25.4 Å². The number of hydrogen-bond acceptors (Lipinski definition) is 3. The van der Waals surface area contributed by atoms with Crippen LogP contribution in [0, 0.1) is 0 Å². The van der Waals surface area contributed by atoms with Gasteiger partial charge < -0.3 is 10.6 Å². The van der Waals surface area contributed by atoms with Gasteiger partial charge in [0.1, 0.15) is 5.70 Å². The van der Waals surface area contributed by atoms with Crippen molar-refractivity contribution in [1.29, 1.82) is 0 Å². The van der Waals surface area contributed by atoms with E-state index in [9.17, 15) is 4.79 Å². The number of nitrogens with zero attached hydrogens (tertiary/aromatic N) is 2. The molecule has 0 heterocycles. The van der Waals surface area contributed by atoms with Crippen molar-refractivity contribution in [3.8, 4) is 0 Å². The lowest BCUT2D eigenvalue weighted by Gasteiger charge is -2.25. The third-order valence-corrected chi connectivity index (χ3v) is 3.81. The molecular formula is C18H31N3O. The Balaban J connectivity index is 3.01. The molecule has 0 unspecified atom stereocenters. The summed E-state index contributed by atoms with van der Waals surface area (Å²) >= 11 is 0. The fourth-order valence-electron chi connectivity index (χ4n) is 2.74. The normalized spacial score (nSPS) is 19.1. The number of aliphatic imine (C=N–C) groups is 1. The Morgan fingerprint density at radius 3 is 2.36 bits per heavy atom. The van der Waals surface area contributed by atoms with Gasteiger partial charge in [0, 0.05) is 24.4 Å². The van der Waals surface area contributed by atoms with Gasteiger partial charge in [0.25, 0.3) is 5.91 Å². The smallest absolute Gasteiger partial charge is 0.270 e. The van der Waals surface area contributed by atoms with Crippen LogP contribution in [0.1, 0.15) is 59.3 Å². The average Bonchev–Trinajstić information content (AvgIpc) is 2.51. The minimum Gasteiger partial charge on any atom is -0.394 e. The first-order valence-corrected chi connectivity index (χ1v) is 8.47. The summed E-state index contributed by atoms with van der Waals surface area (Å²) in [5.41, 5.74) is 9.64. The maximum atomic E-state index is 12.7. The molecule has 1 rings (SSSR count). The molecule has 0 aromatic carbocycles. The predicted octanol–water partition coefficient (Wildman–Crippen LogP) is 3.44. The summed E-state index contributed by atoms with van der Waals surface area (Å²) in [7, 11) is 0. The topological polar surface area (TPSA) is 58.7 Å². The average molecular weight is 305 g/mol. The van der Waals surface area contributed by atoms with Crippen molar-refractivity contribution >= 4 is 11.6 Å². The summed E-state index contributed by atoms with van der Waals surface area (Å²) in [5.74, 6) is -0.0244. The van der Waals surface area contributed by atoms with Crippen molar-refractivity contribution < 1.29 is 4.79 Å². The van der Waals surface area contributed by atoms with Gasteiger partial charge in [-0.3, -0.25) is 9.79 Å². The predicted molar refractivity (Wildman–Crippen MR) is 94.0 cm³/mol. The number of carbonyl (C=O) groups excluding carboxylic acids is 1. The molecule has 1 fully saturated rings. The highest BCUT2D eigenvalue weighted by atomic mass is 16.2. The summed E-state index contributed by atoms with van der Waals surface area (Å²) in [6.45, 7) is 12.2. The van der Waals surface area contributed by atoms with Gasteiger partial charge in [0.2, 0.25) is 0 Å². The Labute approximate surface area is 135 Å². The van der Waals surface area contributed by atoms with Gasteiger partial charge in [-0.15, -0.1) is 0 Å². The van der Waals surface area contributed by atoms with E-state index in [1.165, 1.54) is 0 Å². The third kappa shape index (κ3) is 5.32.